The lowest BCUT2D eigenvalue weighted by atomic mass is 10.0. The highest BCUT2D eigenvalue weighted by atomic mass is 32.1. The van der Waals surface area contributed by atoms with Gasteiger partial charge < -0.3 is 4.74 Å². The Hall–Kier alpha value is -3.26. The molecule has 4 rings (SSSR count). The molecule has 0 saturated carbocycles. The van der Waals surface area contributed by atoms with E-state index in [0.29, 0.717) is 27.4 Å². The van der Waals surface area contributed by atoms with Crippen LogP contribution in [-0.2, 0) is 6.18 Å². The van der Waals surface area contributed by atoms with E-state index < -0.39 is 11.7 Å². The number of pyridine rings is 1. The van der Waals surface area contributed by atoms with Crippen LogP contribution < -0.4 is 4.74 Å². The van der Waals surface area contributed by atoms with Crippen molar-refractivity contribution < 1.29 is 22.7 Å². The Balaban J connectivity index is 1.65. The van der Waals surface area contributed by atoms with Crippen molar-refractivity contribution in [3.63, 3.8) is 0 Å². The number of hydrogen-bond donors (Lipinski definition) is 0. The van der Waals surface area contributed by atoms with E-state index in [-0.39, 0.29) is 11.7 Å². The summed E-state index contributed by atoms with van der Waals surface area (Å²) in [6, 6.07) is 13.6. The van der Waals surface area contributed by atoms with Gasteiger partial charge in [0.1, 0.15) is 5.52 Å². The lowest BCUT2D eigenvalue weighted by Crippen LogP contribution is -2.03. The third-order valence-electron chi connectivity index (χ3n) is 4.18. The maximum absolute atomic E-state index is 12.8. The summed E-state index contributed by atoms with van der Waals surface area (Å²) in [5, 5.41) is 0.391. The number of hydrogen-bond acceptors (Lipinski definition) is 5. The molecule has 4 aromatic rings. The van der Waals surface area contributed by atoms with Gasteiger partial charge in [0.15, 0.2) is 16.5 Å². The fraction of sp³-hybridized carbons (Fsp3) is 0.0952. The van der Waals surface area contributed by atoms with Gasteiger partial charge in [-0.25, -0.2) is 9.97 Å². The fourth-order valence-electron chi connectivity index (χ4n) is 2.77. The number of Topliss-reactive ketones (excluding diaryl/α,β-unsaturated/α-hetero) is 1. The molecule has 0 bridgehead atoms. The first kappa shape index (κ1) is 19.1. The number of para-hydroxylation sites is 1. The molecular weight excluding hydrogens is 401 g/mol. The fourth-order valence-corrected chi connectivity index (χ4v) is 3.64. The minimum absolute atomic E-state index is 0.125. The van der Waals surface area contributed by atoms with Crippen molar-refractivity contribution >= 4 is 27.3 Å². The van der Waals surface area contributed by atoms with E-state index in [1.54, 1.807) is 24.3 Å². The van der Waals surface area contributed by atoms with Crippen LogP contribution in [-0.4, -0.2) is 15.8 Å². The summed E-state index contributed by atoms with van der Waals surface area (Å²) in [5.41, 5.74) is 1.13. The smallest absolute Gasteiger partial charge is 0.416 e. The number of carbonyl (C=O) groups excluding carboxylic acids is 1. The van der Waals surface area contributed by atoms with Gasteiger partial charge in [0.25, 0.3) is 0 Å². The second-order valence-corrected chi connectivity index (χ2v) is 7.27. The van der Waals surface area contributed by atoms with Crippen molar-refractivity contribution in [1.29, 1.82) is 0 Å². The third kappa shape index (κ3) is 3.97. The van der Waals surface area contributed by atoms with Crippen molar-refractivity contribution in [1.82, 2.24) is 9.97 Å². The molecule has 146 valence electrons. The van der Waals surface area contributed by atoms with Crippen LogP contribution in [0.2, 0.25) is 0 Å². The number of halogens is 3. The second kappa shape index (κ2) is 7.29. The number of ketones is 1. The SMILES string of the molecule is CC(=O)c1nc2c(Oc3cc(-c4ccc(C(F)(F)F)cc4)ccn3)cccc2s1. The summed E-state index contributed by atoms with van der Waals surface area (Å²) in [6.45, 7) is 1.45. The summed E-state index contributed by atoms with van der Waals surface area (Å²) in [7, 11) is 0. The Kier molecular flexibility index (Phi) is 4.79. The molecule has 0 spiro atoms. The highest BCUT2D eigenvalue weighted by Gasteiger charge is 2.30. The van der Waals surface area contributed by atoms with Gasteiger partial charge in [0, 0.05) is 19.2 Å². The molecule has 0 amide bonds. The zero-order valence-electron chi connectivity index (χ0n) is 15.0. The van der Waals surface area contributed by atoms with Crippen molar-refractivity contribution in [3.8, 4) is 22.8 Å². The maximum Gasteiger partial charge on any atom is 0.416 e. The van der Waals surface area contributed by atoms with Crippen LogP contribution in [0.1, 0.15) is 22.3 Å². The van der Waals surface area contributed by atoms with Gasteiger partial charge in [-0.05, 0) is 41.5 Å². The summed E-state index contributed by atoms with van der Waals surface area (Å²) >= 11 is 1.28. The number of aromatic nitrogens is 2. The Morgan fingerprint density at radius 3 is 2.48 bits per heavy atom. The number of nitrogens with zero attached hydrogens (tertiary/aromatic N) is 2. The number of carbonyl (C=O) groups is 1. The molecule has 0 radical (unpaired) electrons. The second-order valence-electron chi connectivity index (χ2n) is 6.24. The monoisotopic (exact) mass is 414 g/mol. The molecule has 0 aliphatic heterocycles. The first-order valence-electron chi connectivity index (χ1n) is 8.53. The minimum atomic E-state index is -4.38. The number of benzene rings is 2. The Labute approximate surface area is 167 Å². The Morgan fingerprint density at radius 2 is 1.79 bits per heavy atom. The average molecular weight is 414 g/mol. The largest absolute Gasteiger partial charge is 0.437 e. The van der Waals surface area contributed by atoms with Crippen molar-refractivity contribution in [2.45, 2.75) is 13.1 Å². The molecule has 29 heavy (non-hydrogen) atoms. The molecule has 0 N–H and O–H groups in total. The predicted molar refractivity (Wildman–Crippen MR) is 104 cm³/mol. The van der Waals surface area contributed by atoms with E-state index in [0.717, 1.165) is 16.8 Å². The number of rotatable bonds is 4. The zero-order valence-corrected chi connectivity index (χ0v) is 15.8. The molecule has 0 fully saturated rings. The molecule has 0 aliphatic rings. The Bertz CT molecular complexity index is 1200. The van der Waals surface area contributed by atoms with Gasteiger partial charge >= 0.3 is 6.18 Å². The van der Waals surface area contributed by atoms with E-state index >= 15 is 0 Å². The van der Waals surface area contributed by atoms with Gasteiger partial charge in [-0.15, -0.1) is 11.3 Å². The standard InChI is InChI=1S/C21H13F3N2O2S/c1-12(27)20-26-19-16(3-2-4-17(19)29-20)28-18-11-14(9-10-25-18)13-5-7-15(8-6-13)21(22,23)24/h2-11H,1H3. The van der Waals surface area contributed by atoms with E-state index in [1.165, 1.54) is 36.6 Å². The molecule has 0 aliphatic carbocycles. The molecule has 2 heterocycles. The van der Waals surface area contributed by atoms with Crippen molar-refractivity contribution in [2.75, 3.05) is 0 Å². The number of ether oxygens (including phenoxy) is 1. The first-order chi connectivity index (χ1) is 13.8. The highest BCUT2D eigenvalue weighted by molar-refractivity contribution is 7.20. The zero-order chi connectivity index (χ0) is 20.6. The first-order valence-corrected chi connectivity index (χ1v) is 9.35. The molecule has 4 nitrogen and oxygen atoms in total. The van der Waals surface area contributed by atoms with Crippen LogP contribution in [0.5, 0.6) is 11.6 Å². The van der Waals surface area contributed by atoms with Crippen LogP contribution in [0.3, 0.4) is 0 Å². The predicted octanol–water partition coefficient (Wildman–Crippen LogP) is 6.37. The molecule has 0 atom stereocenters. The number of thiazole rings is 1. The lowest BCUT2D eigenvalue weighted by Gasteiger charge is -2.09. The quantitative estimate of drug-likeness (QED) is 0.364. The normalized spacial score (nSPS) is 11.6. The molecule has 0 saturated heterocycles. The van der Waals surface area contributed by atoms with E-state index in [2.05, 4.69) is 9.97 Å². The van der Waals surface area contributed by atoms with Crippen molar-refractivity contribution in [2.24, 2.45) is 0 Å². The topological polar surface area (TPSA) is 52.1 Å². The molecule has 8 heteroatoms. The minimum Gasteiger partial charge on any atom is -0.437 e. The van der Waals surface area contributed by atoms with Gasteiger partial charge in [-0.3, -0.25) is 4.79 Å². The highest BCUT2D eigenvalue weighted by Crippen LogP contribution is 2.34. The number of fused-ring (bicyclic) bond motifs is 1. The van der Waals surface area contributed by atoms with E-state index in [9.17, 15) is 18.0 Å². The van der Waals surface area contributed by atoms with Gasteiger partial charge in [-0.1, -0.05) is 18.2 Å². The maximum atomic E-state index is 12.8. The van der Waals surface area contributed by atoms with Gasteiger partial charge in [0.05, 0.1) is 10.3 Å². The van der Waals surface area contributed by atoms with E-state index in [4.69, 9.17) is 4.74 Å². The summed E-state index contributed by atoms with van der Waals surface area (Å²) in [5.74, 6) is 0.593. The number of alkyl halides is 3. The van der Waals surface area contributed by atoms with Crippen LogP contribution in [0.15, 0.2) is 60.8 Å². The van der Waals surface area contributed by atoms with Crippen LogP contribution >= 0.6 is 11.3 Å². The van der Waals surface area contributed by atoms with Gasteiger partial charge in [-0.2, -0.15) is 13.2 Å². The summed E-state index contributed by atoms with van der Waals surface area (Å²) < 4.78 is 44.9. The van der Waals surface area contributed by atoms with Crippen LogP contribution in [0.25, 0.3) is 21.3 Å². The Morgan fingerprint density at radius 1 is 1.03 bits per heavy atom. The van der Waals surface area contributed by atoms with Crippen LogP contribution in [0.4, 0.5) is 13.2 Å². The molecule has 2 aromatic carbocycles. The van der Waals surface area contributed by atoms with Crippen molar-refractivity contribution in [3.05, 3.63) is 71.4 Å². The lowest BCUT2D eigenvalue weighted by molar-refractivity contribution is -0.137. The summed E-state index contributed by atoms with van der Waals surface area (Å²) in [4.78, 5) is 20.1. The third-order valence-corrected chi connectivity index (χ3v) is 5.30. The van der Waals surface area contributed by atoms with Crippen LogP contribution in [0, 0.1) is 0 Å². The summed E-state index contributed by atoms with van der Waals surface area (Å²) in [6.07, 6.45) is -2.86. The van der Waals surface area contributed by atoms with E-state index in [1.807, 2.05) is 6.07 Å². The molecule has 2 aromatic heterocycles. The average Bonchev–Trinajstić information content (AvgIpc) is 3.14. The van der Waals surface area contributed by atoms with Gasteiger partial charge in [0.2, 0.25) is 5.88 Å². The molecular formula is C21H13F3N2O2S. The molecule has 0 unspecified atom stereocenters.